The van der Waals surface area contributed by atoms with Crippen LogP contribution in [0, 0.1) is 12.7 Å². The first-order valence-electron chi connectivity index (χ1n) is 6.50. The van der Waals surface area contributed by atoms with Crippen molar-refractivity contribution in [3.8, 4) is 0 Å². The van der Waals surface area contributed by atoms with Gasteiger partial charge in [0.05, 0.1) is 18.4 Å². The minimum atomic E-state index is -0.604. The highest BCUT2D eigenvalue weighted by Gasteiger charge is 2.08. The molecule has 3 nitrogen and oxygen atoms in total. The molecule has 0 spiro atoms. The van der Waals surface area contributed by atoms with Crippen molar-refractivity contribution >= 4 is 21.6 Å². The molecular formula is C14H21BrFNO2. The highest BCUT2D eigenvalue weighted by molar-refractivity contribution is 9.10. The Balaban J connectivity index is 2.37. The van der Waals surface area contributed by atoms with Crippen LogP contribution in [0.3, 0.4) is 0 Å². The van der Waals surface area contributed by atoms with Crippen molar-refractivity contribution in [2.45, 2.75) is 32.8 Å². The highest BCUT2D eigenvalue weighted by Crippen LogP contribution is 2.25. The third kappa shape index (κ3) is 5.89. The van der Waals surface area contributed by atoms with Crippen molar-refractivity contribution in [3.05, 3.63) is 28.0 Å². The summed E-state index contributed by atoms with van der Waals surface area (Å²) in [5.41, 5.74) is 1.22. The Hall–Kier alpha value is -0.650. The van der Waals surface area contributed by atoms with Gasteiger partial charge in [-0.25, -0.2) is 4.39 Å². The smallest absolute Gasteiger partial charge is 0.128 e. The number of rotatable bonds is 8. The van der Waals surface area contributed by atoms with Gasteiger partial charge in [-0.3, -0.25) is 0 Å². The Kier molecular flexibility index (Phi) is 7.34. The number of unbranched alkanes of at least 4 members (excludes halogenated alkanes) is 1. The summed E-state index contributed by atoms with van der Waals surface area (Å²) < 4.78 is 19.5. The van der Waals surface area contributed by atoms with E-state index in [-0.39, 0.29) is 5.82 Å². The topological polar surface area (TPSA) is 41.5 Å². The second-order valence-electron chi connectivity index (χ2n) is 4.54. The Labute approximate surface area is 122 Å². The molecule has 0 bridgehead atoms. The zero-order chi connectivity index (χ0) is 14.3. The van der Waals surface area contributed by atoms with Crippen LogP contribution in [0.5, 0.6) is 0 Å². The average molecular weight is 334 g/mol. The molecule has 0 aliphatic rings. The van der Waals surface area contributed by atoms with E-state index in [4.69, 9.17) is 4.74 Å². The fraction of sp³-hybridized carbons (Fsp3) is 0.571. The van der Waals surface area contributed by atoms with Gasteiger partial charge in [0.15, 0.2) is 0 Å². The lowest BCUT2D eigenvalue weighted by Gasteiger charge is -2.14. The number of hydrogen-bond donors (Lipinski definition) is 2. The van der Waals surface area contributed by atoms with E-state index in [1.165, 1.54) is 6.07 Å². The molecule has 108 valence electrons. The Morgan fingerprint density at radius 3 is 2.89 bits per heavy atom. The maximum atomic E-state index is 13.4. The Bertz CT molecular complexity index is 401. The summed E-state index contributed by atoms with van der Waals surface area (Å²) in [6, 6.07) is 3.13. The molecule has 0 amide bonds. The van der Waals surface area contributed by atoms with E-state index < -0.39 is 6.10 Å². The number of nitrogens with one attached hydrogen (secondary N) is 1. The Morgan fingerprint density at radius 2 is 2.21 bits per heavy atom. The predicted molar refractivity (Wildman–Crippen MR) is 79.1 cm³/mol. The van der Waals surface area contributed by atoms with Crippen molar-refractivity contribution in [1.29, 1.82) is 0 Å². The van der Waals surface area contributed by atoms with Gasteiger partial charge in [-0.1, -0.05) is 13.3 Å². The summed E-state index contributed by atoms with van der Waals surface area (Å²) in [5.74, 6) is -0.264. The molecule has 5 heteroatoms. The second-order valence-corrected chi connectivity index (χ2v) is 5.40. The normalized spacial score (nSPS) is 12.5. The van der Waals surface area contributed by atoms with E-state index in [0.717, 1.165) is 17.3 Å². The van der Waals surface area contributed by atoms with Gasteiger partial charge in [-0.15, -0.1) is 0 Å². The maximum absolute atomic E-state index is 13.4. The van der Waals surface area contributed by atoms with Crippen molar-refractivity contribution in [3.63, 3.8) is 0 Å². The molecule has 0 aliphatic carbocycles. The lowest BCUT2D eigenvalue weighted by atomic mass is 10.2. The third-order valence-electron chi connectivity index (χ3n) is 2.73. The van der Waals surface area contributed by atoms with E-state index in [2.05, 4.69) is 28.2 Å². The number of aliphatic hydroxyl groups excluding tert-OH is 1. The summed E-state index contributed by atoms with van der Waals surface area (Å²) in [6.07, 6.45) is 1.46. The standard InChI is InChI=1S/C14H21BrFNO2/c1-3-4-5-19-9-11(18)8-17-14-7-13(16)10(2)6-12(14)15/h6-7,11,17-18H,3-5,8-9H2,1-2H3/t11-/m1/s1. The first kappa shape index (κ1) is 16.4. The average Bonchev–Trinajstić information content (AvgIpc) is 2.37. The van der Waals surface area contributed by atoms with Crippen molar-refractivity contribution in [2.75, 3.05) is 25.1 Å². The lowest BCUT2D eigenvalue weighted by Crippen LogP contribution is -2.25. The number of anilines is 1. The van der Waals surface area contributed by atoms with Crippen molar-refractivity contribution in [1.82, 2.24) is 0 Å². The van der Waals surface area contributed by atoms with Crippen LogP contribution in [-0.4, -0.2) is 31.0 Å². The number of ether oxygens (including phenoxy) is 1. The molecule has 0 radical (unpaired) electrons. The van der Waals surface area contributed by atoms with Gasteiger partial charge >= 0.3 is 0 Å². The van der Waals surface area contributed by atoms with Gasteiger partial charge < -0.3 is 15.2 Å². The van der Waals surface area contributed by atoms with Crippen LogP contribution < -0.4 is 5.32 Å². The molecular weight excluding hydrogens is 313 g/mol. The van der Waals surface area contributed by atoms with Crippen LogP contribution in [0.2, 0.25) is 0 Å². The highest BCUT2D eigenvalue weighted by atomic mass is 79.9. The molecule has 0 fully saturated rings. The zero-order valence-electron chi connectivity index (χ0n) is 11.4. The van der Waals surface area contributed by atoms with Gasteiger partial charge in [0.25, 0.3) is 0 Å². The van der Waals surface area contributed by atoms with Crippen molar-refractivity contribution < 1.29 is 14.2 Å². The molecule has 0 aliphatic heterocycles. The summed E-state index contributed by atoms with van der Waals surface area (Å²) >= 11 is 3.36. The number of aliphatic hydroxyl groups is 1. The Morgan fingerprint density at radius 1 is 1.47 bits per heavy atom. The molecule has 19 heavy (non-hydrogen) atoms. The third-order valence-corrected chi connectivity index (χ3v) is 3.38. The summed E-state index contributed by atoms with van der Waals surface area (Å²) in [6.45, 7) is 5.08. The molecule has 2 N–H and O–H groups in total. The van der Waals surface area contributed by atoms with Crippen LogP contribution in [0.4, 0.5) is 10.1 Å². The maximum Gasteiger partial charge on any atom is 0.128 e. The number of halogens is 2. The van der Waals surface area contributed by atoms with Gasteiger partial charge in [-0.2, -0.15) is 0 Å². The van der Waals surface area contributed by atoms with Gasteiger partial charge in [0.2, 0.25) is 0 Å². The molecule has 1 atom stereocenters. The predicted octanol–water partition coefficient (Wildman–Crippen LogP) is 3.49. The fourth-order valence-corrected chi connectivity index (χ4v) is 2.13. The van der Waals surface area contributed by atoms with Crippen molar-refractivity contribution in [2.24, 2.45) is 0 Å². The summed E-state index contributed by atoms with van der Waals surface area (Å²) in [5, 5.41) is 12.7. The van der Waals surface area contributed by atoms with Crippen LogP contribution in [0.1, 0.15) is 25.3 Å². The van der Waals surface area contributed by atoms with E-state index in [1.54, 1.807) is 13.0 Å². The number of benzene rings is 1. The quantitative estimate of drug-likeness (QED) is 0.715. The second kappa shape index (κ2) is 8.51. The van der Waals surface area contributed by atoms with E-state index in [0.29, 0.717) is 31.0 Å². The first-order valence-corrected chi connectivity index (χ1v) is 7.29. The summed E-state index contributed by atoms with van der Waals surface area (Å²) in [4.78, 5) is 0. The van der Waals surface area contributed by atoms with Gasteiger partial charge in [0.1, 0.15) is 5.82 Å². The number of aryl methyl sites for hydroxylation is 1. The van der Waals surface area contributed by atoms with Crippen LogP contribution >= 0.6 is 15.9 Å². The molecule has 0 unspecified atom stereocenters. The first-order chi connectivity index (χ1) is 9.04. The van der Waals surface area contributed by atoms with E-state index in [1.807, 2.05) is 0 Å². The minimum Gasteiger partial charge on any atom is -0.389 e. The van der Waals surface area contributed by atoms with Crippen LogP contribution in [0.25, 0.3) is 0 Å². The van der Waals surface area contributed by atoms with Gasteiger partial charge in [0, 0.05) is 17.6 Å². The molecule has 0 aromatic heterocycles. The molecule has 0 saturated carbocycles. The SMILES string of the molecule is CCCCOC[C@H](O)CNc1cc(F)c(C)cc1Br. The van der Waals surface area contributed by atoms with E-state index >= 15 is 0 Å². The molecule has 1 aromatic rings. The molecule has 0 heterocycles. The van der Waals surface area contributed by atoms with Crippen LogP contribution in [-0.2, 0) is 4.74 Å². The number of hydrogen-bond acceptors (Lipinski definition) is 3. The monoisotopic (exact) mass is 333 g/mol. The zero-order valence-corrected chi connectivity index (χ0v) is 13.0. The molecule has 1 rings (SSSR count). The van der Waals surface area contributed by atoms with E-state index in [9.17, 15) is 9.50 Å². The largest absolute Gasteiger partial charge is 0.389 e. The van der Waals surface area contributed by atoms with Gasteiger partial charge in [-0.05, 0) is 47.0 Å². The summed E-state index contributed by atoms with van der Waals surface area (Å²) in [7, 11) is 0. The fourth-order valence-electron chi connectivity index (χ4n) is 1.53. The molecule has 1 aromatic carbocycles. The molecule has 0 saturated heterocycles. The van der Waals surface area contributed by atoms with Crippen LogP contribution in [0.15, 0.2) is 16.6 Å². The minimum absolute atomic E-state index is 0.264. The lowest BCUT2D eigenvalue weighted by molar-refractivity contribution is 0.0421.